The van der Waals surface area contributed by atoms with Crippen LogP contribution in [0.1, 0.15) is 18.1 Å². The first-order valence-electron chi connectivity index (χ1n) is 4.84. The van der Waals surface area contributed by atoms with Crippen molar-refractivity contribution >= 4 is 12.1 Å². The minimum absolute atomic E-state index is 0.0110. The van der Waals surface area contributed by atoms with E-state index >= 15 is 0 Å². The minimum Gasteiger partial charge on any atom is -0.449 e. The molecule has 0 saturated heterocycles. The molecule has 1 aromatic rings. The Kier molecular flexibility index (Phi) is 2.52. The molecule has 5 nitrogen and oxygen atoms in total. The molecule has 0 radical (unpaired) electrons. The molecule has 0 bridgehead atoms. The molecule has 1 heterocycles. The fourth-order valence-corrected chi connectivity index (χ4v) is 1.76. The third-order valence-corrected chi connectivity index (χ3v) is 2.55. The van der Waals surface area contributed by atoms with Gasteiger partial charge in [-0.25, -0.2) is 4.79 Å². The van der Waals surface area contributed by atoms with Gasteiger partial charge >= 0.3 is 6.16 Å². The number of carboxylic acid groups (broad SMARTS) is 1. The van der Waals surface area contributed by atoms with E-state index in [0.717, 1.165) is 11.1 Å². The van der Waals surface area contributed by atoms with Gasteiger partial charge in [0.05, 0.1) is 0 Å². The van der Waals surface area contributed by atoms with Gasteiger partial charge in [-0.3, -0.25) is 4.79 Å². The first kappa shape index (κ1) is 10.5. The molecule has 16 heavy (non-hydrogen) atoms. The molecule has 1 amide bonds. The Balaban J connectivity index is 2.20. The fraction of sp³-hybridized carbons (Fsp3) is 0.273. The van der Waals surface area contributed by atoms with E-state index in [2.05, 4.69) is 4.74 Å². The predicted octanol–water partition coefficient (Wildman–Crippen LogP) is 1.61. The number of ether oxygens (including phenoxy) is 1. The maximum atomic E-state index is 11.2. The van der Waals surface area contributed by atoms with Gasteiger partial charge in [-0.15, -0.1) is 0 Å². The zero-order valence-corrected chi connectivity index (χ0v) is 8.77. The summed E-state index contributed by atoms with van der Waals surface area (Å²) in [5, 5.41) is 8.47. The van der Waals surface area contributed by atoms with E-state index in [4.69, 9.17) is 5.11 Å². The van der Waals surface area contributed by atoms with Crippen molar-refractivity contribution in [2.75, 3.05) is 0 Å². The normalized spacial score (nSPS) is 13.4. The predicted molar refractivity (Wildman–Crippen MR) is 55.0 cm³/mol. The van der Waals surface area contributed by atoms with Gasteiger partial charge in [-0.1, -0.05) is 6.07 Å². The molecule has 0 unspecified atom stereocenters. The van der Waals surface area contributed by atoms with Crippen LogP contribution in [0.3, 0.4) is 0 Å². The van der Waals surface area contributed by atoms with Crippen LogP contribution >= 0.6 is 0 Å². The van der Waals surface area contributed by atoms with Crippen molar-refractivity contribution < 1.29 is 19.4 Å². The lowest BCUT2D eigenvalue weighted by Crippen LogP contribution is -2.21. The summed E-state index contributed by atoms with van der Waals surface area (Å²) < 4.78 is 4.55. The van der Waals surface area contributed by atoms with Crippen LogP contribution in [-0.4, -0.2) is 22.1 Å². The Morgan fingerprint density at radius 3 is 2.62 bits per heavy atom. The molecule has 2 rings (SSSR count). The summed E-state index contributed by atoms with van der Waals surface area (Å²) >= 11 is 0. The number of fused-ring (bicyclic) bond motifs is 1. The average molecular weight is 221 g/mol. The first-order chi connectivity index (χ1) is 7.56. The summed E-state index contributed by atoms with van der Waals surface area (Å²) in [4.78, 5) is 23.2. The van der Waals surface area contributed by atoms with Gasteiger partial charge in [-0.05, 0) is 23.3 Å². The van der Waals surface area contributed by atoms with Crippen LogP contribution in [-0.2, 0) is 17.9 Å². The highest BCUT2D eigenvalue weighted by atomic mass is 16.7. The lowest BCUT2D eigenvalue weighted by molar-refractivity contribution is -0.129. The summed E-state index contributed by atoms with van der Waals surface area (Å²) in [5.41, 5.74) is 1.97. The van der Waals surface area contributed by atoms with Crippen molar-refractivity contribution in [3.05, 3.63) is 29.3 Å². The van der Waals surface area contributed by atoms with Gasteiger partial charge in [0.25, 0.3) is 0 Å². The molecule has 0 saturated carbocycles. The smallest absolute Gasteiger partial charge is 0.449 e. The second-order valence-electron chi connectivity index (χ2n) is 3.67. The van der Waals surface area contributed by atoms with Gasteiger partial charge in [0.1, 0.15) is 5.75 Å². The molecule has 0 spiro atoms. The number of hydrogen-bond donors (Lipinski definition) is 1. The number of hydrogen-bond acceptors (Lipinski definition) is 3. The van der Waals surface area contributed by atoms with Crippen molar-refractivity contribution in [1.29, 1.82) is 0 Å². The summed E-state index contributed by atoms with van der Waals surface area (Å²) in [6, 6.07) is 5.04. The van der Waals surface area contributed by atoms with E-state index in [1.807, 2.05) is 0 Å². The van der Waals surface area contributed by atoms with Gasteiger partial charge in [0.15, 0.2) is 0 Å². The van der Waals surface area contributed by atoms with Crippen LogP contribution in [0.5, 0.6) is 5.75 Å². The highest BCUT2D eigenvalue weighted by Gasteiger charge is 2.21. The zero-order valence-electron chi connectivity index (χ0n) is 8.77. The largest absolute Gasteiger partial charge is 0.511 e. The highest BCUT2D eigenvalue weighted by molar-refractivity contribution is 5.74. The Morgan fingerprint density at radius 2 is 2.00 bits per heavy atom. The average Bonchev–Trinajstić information content (AvgIpc) is 2.59. The molecule has 0 aromatic heterocycles. The molecular formula is C11H11NO4. The van der Waals surface area contributed by atoms with E-state index < -0.39 is 6.16 Å². The SMILES string of the molecule is CC(=O)N1Cc2ccc(OC(=O)O)cc2C1. The molecule has 1 aliphatic heterocycles. The molecule has 1 aliphatic rings. The number of amides is 1. The molecule has 0 fully saturated rings. The van der Waals surface area contributed by atoms with Crippen molar-refractivity contribution in [2.24, 2.45) is 0 Å². The molecular weight excluding hydrogens is 210 g/mol. The van der Waals surface area contributed by atoms with Crippen LogP contribution < -0.4 is 4.74 Å². The summed E-state index contributed by atoms with van der Waals surface area (Å²) in [6.07, 6.45) is -1.33. The van der Waals surface area contributed by atoms with Crippen molar-refractivity contribution in [3.8, 4) is 5.75 Å². The van der Waals surface area contributed by atoms with Crippen LogP contribution in [0.2, 0.25) is 0 Å². The van der Waals surface area contributed by atoms with Crippen LogP contribution in [0.15, 0.2) is 18.2 Å². The zero-order chi connectivity index (χ0) is 11.7. The number of carbonyl (C=O) groups is 2. The summed E-state index contributed by atoms with van der Waals surface area (Å²) in [7, 11) is 0. The van der Waals surface area contributed by atoms with Crippen molar-refractivity contribution in [1.82, 2.24) is 4.90 Å². The monoisotopic (exact) mass is 221 g/mol. The number of nitrogens with zero attached hydrogens (tertiary/aromatic N) is 1. The van der Waals surface area contributed by atoms with Gasteiger partial charge in [0.2, 0.25) is 5.91 Å². The maximum Gasteiger partial charge on any atom is 0.511 e. The Labute approximate surface area is 92.2 Å². The van der Waals surface area contributed by atoms with Gasteiger partial charge < -0.3 is 14.7 Å². The Morgan fingerprint density at radius 1 is 1.31 bits per heavy atom. The third kappa shape index (κ3) is 1.98. The van der Waals surface area contributed by atoms with E-state index in [9.17, 15) is 9.59 Å². The number of benzene rings is 1. The molecule has 1 N–H and O–H groups in total. The standard InChI is InChI=1S/C11H11NO4/c1-7(13)12-5-8-2-3-10(16-11(14)15)4-9(8)6-12/h2-4H,5-6H2,1H3,(H,14,15). The number of carbonyl (C=O) groups excluding carboxylic acids is 1. The van der Waals surface area contributed by atoms with E-state index in [1.165, 1.54) is 6.92 Å². The fourth-order valence-electron chi connectivity index (χ4n) is 1.76. The quantitative estimate of drug-likeness (QED) is 0.577. The molecule has 0 aliphatic carbocycles. The lowest BCUT2D eigenvalue weighted by Gasteiger charge is -2.10. The third-order valence-electron chi connectivity index (χ3n) is 2.55. The topological polar surface area (TPSA) is 66.8 Å². The van der Waals surface area contributed by atoms with Crippen molar-refractivity contribution in [2.45, 2.75) is 20.0 Å². The van der Waals surface area contributed by atoms with E-state index in [0.29, 0.717) is 13.1 Å². The Hall–Kier alpha value is -2.04. The highest BCUT2D eigenvalue weighted by Crippen LogP contribution is 2.26. The van der Waals surface area contributed by atoms with E-state index in [-0.39, 0.29) is 11.7 Å². The Bertz CT molecular complexity index is 455. The lowest BCUT2D eigenvalue weighted by atomic mass is 10.1. The maximum absolute atomic E-state index is 11.2. The molecule has 84 valence electrons. The first-order valence-corrected chi connectivity index (χ1v) is 4.84. The molecule has 5 heteroatoms. The van der Waals surface area contributed by atoms with Crippen LogP contribution in [0.25, 0.3) is 0 Å². The minimum atomic E-state index is -1.33. The van der Waals surface area contributed by atoms with Crippen LogP contribution in [0, 0.1) is 0 Å². The van der Waals surface area contributed by atoms with Gasteiger partial charge in [0, 0.05) is 20.0 Å². The summed E-state index contributed by atoms with van der Waals surface area (Å²) in [6.45, 7) is 2.61. The van der Waals surface area contributed by atoms with Crippen LogP contribution in [0.4, 0.5) is 4.79 Å². The number of rotatable bonds is 1. The second kappa shape index (κ2) is 3.84. The van der Waals surface area contributed by atoms with E-state index in [1.54, 1.807) is 23.1 Å². The molecule has 1 aromatic carbocycles. The second-order valence-corrected chi connectivity index (χ2v) is 3.67. The molecule has 0 atom stereocenters. The van der Waals surface area contributed by atoms with Gasteiger partial charge in [-0.2, -0.15) is 0 Å². The van der Waals surface area contributed by atoms with Crippen molar-refractivity contribution in [3.63, 3.8) is 0 Å². The summed E-state index contributed by atoms with van der Waals surface area (Å²) in [5.74, 6) is 0.300.